The lowest BCUT2D eigenvalue weighted by molar-refractivity contribution is 0.266. The summed E-state index contributed by atoms with van der Waals surface area (Å²) >= 11 is 9.62. The number of nitrogens with two attached hydrogens (primary N) is 1. The van der Waals surface area contributed by atoms with Crippen LogP contribution in [0.4, 0.5) is 5.69 Å². The van der Waals surface area contributed by atoms with Crippen LogP contribution >= 0.6 is 34.3 Å². The van der Waals surface area contributed by atoms with E-state index in [1.54, 1.807) is 28.9 Å². The molecule has 0 aliphatic carbocycles. The molecule has 0 saturated heterocycles. The van der Waals surface area contributed by atoms with Crippen molar-refractivity contribution in [3.8, 4) is 0 Å². The Kier molecular flexibility index (Phi) is 4.90. The van der Waals surface area contributed by atoms with Gasteiger partial charge in [0.2, 0.25) is 0 Å². The Hall–Kier alpha value is -1.25. The summed E-state index contributed by atoms with van der Waals surface area (Å²) < 4.78 is 0.969. The third kappa shape index (κ3) is 3.23. The SMILES string of the molecule is N[C@@H](CO)Cc1sc2c(NCc3cccs3)cnnc2c1Cl. The summed E-state index contributed by atoms with van der Waals surface area (Å²) in [6.45, 7) is 0.666. The van der Waals surface area contributed by atoms with Gasteiger partial charge >= 0.3 is 0 Å². The molecule has 0 amide bonds. The number of nitrogens with zero attached hydrogens (tertiary/aromatic N) is 2. The van der Waals surface area contributed by atoms with E-state index in [1.165, 1.54) is 4.88 Å². The molecule has 3 rings (SSSR count). The zero-order chi connectivity index (χ0) is 15.5. The molecule has 3 aromatic heterocycles. The van der Waals surface area contributed by atoms with Gasteiger partial charge < -0.3 is 16.2 Å². The molecule has 0 spiro atoms. The highest BCUT2D eigenvalue weighted by molar-refractivity contribution is 7.20. The lowest BCUT2D eigenvalue weighted by atomic mass is 10.2. The lowest BCUT2D eigenvalue weighted by Gasteiger charge is -2.05. The van der Waals surface area contributed by atoms with Crippen molar-refractivity contribution in [2.75, 3.05) is 11.9 Å². The minimum Gasteiger partial charge on any atom is -0.395 e. The third-order valence-corrected chi connectivity index (χ3v) is 5.83. The van der Waals surface area contributed by atoms with Crippen molar-refractivity contribution in [3.63, 3.8) is 0 Å². The Bertz CT molecular complexity index is 760. The van der Waals surface area contributed by atoms with E-state index in [0.29, 0.717) is 17.0 Å². The highest BCUT2D eigenvalue weighted by Gasteiger charge is 2.17. The van der Waals surface area contributed by atoms with Crippen molar-refractivity contribution in [1.29, 1.82) is 0 Å². The standard InChI is InChI=1S/C14H15ClN4OS2/c15-12-11(4-8(16)7-20)22-14-10(6-18-19-13(12)14)17-5-9-2-1-3-21-9/h1-3,6,8,20H,4-5,7,16H2,(H,17,19)/t8-/m1/s1. The van der Waals surface area contributed by atoms with Crippen LogP contribution in [0.3, 0.4) is 0 Å². The van der Waals surface area contributed by atoms with Crippen molar-refractivity contribution in [2.24, 2.45) is 5.73 Å². The zero-order valence-electron chi connectivity index (χ0n) is 11.6. The van der Waals surface area contributed by atoms with Crippen molar-refractivity contribution in [3.05, 3.63) is 38.5 Å². The molecule has 0 fully saturated rings. The van der Waals surface area contributed by atoms with Crippen LogP contribution in [0.15, 0.2) is 23.7 Å². The molecule has 1 atom stereocenters. The van der Waals surface area contributed by atoms with Gasteiger partial charge in [0.1, 0.15) is 5.52 Å². The minimum absolute atomic E-state index is 0.0697. The molecule has 116 valence electrons. The maximum absolute atomic E-state index is 9.10. The fourth-order valence-electron chi connectivity index (χ4n) is 2.08. The van der Waals surface area contributed by atoms with Gasteiger partial charge in [-0.1, -0.05) is 17.7 Å². The number of aliphatic hydroxyl groups excluding tert-OH is 1. The van der Waals surface area contributed by atoms with E-state index in [-0.39, 0.29) is 12.6 Å². The first-order valence-electron chi connectivity index (χ1n) is 6.74. The lowest BCUT2D eigenvalue weighted by Crippen LogP contribution is -2.26. The highest BCUT2D eigenvalue weighted by Crippen LogP contribution is 2.38. The average Bonchev–Trinajstić information content (AvgIpc) is 3.15. The second kappa shape index (κ2) is 6.89. The largest absolute Gasteiger partial charge is 0.395 e. The van der Waals surface area contributed by atoms with Crippen molar-refractivity contribution < 1.29 is 5.11 Å². The van der Waals surface area contributed by atoms with Crippen molar-refractivity contribution in [2.45, 2.75) is 19.0 Å². The van der Waals surface area contributed by atoms with Gasteiger partial charge in [-0.15, -0.1) is 27.8 Å². The van der Waals surface area contributed by atoms with Gasteiger partial charge in [-0.3, -0.25) is 0 Å². The Labute approximate surface area is 140 Å². The molecule has 22 heavy (non-hydrogen) atoms. The van der Waals surface area contributed by atoms with Crippen LogP contribution in [0.2, 0.25) is 5.02 Å². The molecule has 0 radical (unpaired) electrons. The first kappa shape index (κ1) is 15.6. The summed E-state index contributed by atoms with van der Waals surface area (Å²) in [5, 5.41) is 23.3. The van der Waals surface area contributed by atoms with Gasteiger partial charge in [0, 0.05) is 28.8 Å². The van der Waals surface area contributed by atoms with Gasteiger partial charge in [-0.05, 0) is 11.4 Å². The van der Waals surface area contributed by atoms with E-state index in [0.717, 1.165) is 21.8 Å². The first-order chi connectivity index (χ1) is 10.7. The summed E-state index contributed by atoms with van der Waals surface area (Å²) in [6.07, 6.45) is 2.24. The molecule has 8 heteroatoms. The third-order valence-electron chi connectivity index (χ3n) is 3.20. The monoisotopic (exact) mass is 354 g/mol. The predicted molar refractivity (Wildman–Crippen MR) is 92.8 cm³/mol. The van der Waals surface area contributed by atoms with E-state index >= 15 is 0 Å². The highest BCUT2D eigenvalue weighted by atomic mass is 35.5. The predicted octanol–water partition coefficient (Wildman–Crippen LogP) is 2.88. The summed E-state index contributed by atoms with van der Waals surface area (Å²) in [5.41, 5.74) is 7.40. The first-order valence-corrected chi connectivity index (χ1v) is 8.81. The van der Waals surface area contributed by atoms with E-state index in [9.17, 15) is 0 Å². The molecule has 3 aromatic rings. The summed E-state index contributed by atoms with van der Waals surface area (Å²) in [7, 11) is 0. The molecule has 0 saturated carbocycles. The van der Waals surface area contributed by atoms with Gasteiger partial charge in [0.25, 0.3) is 0 Å². The van der Waals surface area contributed by atoms with E-state index in [2.05, 4.69) is 21.6 Å². The van der Waals surface area contributed by atoms with E-state index in [4.69, 9.17) is 22.4 Å². The maximum Gasteiger partial charge on any atom is 0.125 e. The molecule has 4 N–H and O–H groups in total. The summed E-state index contributed by atoms with van der Waals surface area (Å²) in [4.78, 5) is 2.17. The normalized spacial score (nSPS) is 12.7. The van der Waals surface area contributed by atoms with Crippen LogP contribution in [-0.4, -0.2) is 28.0 Å². The van der Waals surface area contributed by atoms with Gasteiger partial charge in [0.15, 0.2) is 0 Å². The molecular formula is C14H15ClN4OS2. The number of aromatic nitrogens is 2. The van der Waals surface area contributed by atoms with Crippen LogP contribution < -0.4 is 11.1 Å². The number of halogens is 1. The number of hydrogen-bond acceptors (Lipinski definition) is 7. The molecule has 0 aliphatic rings. The van der Waals surface area contributed by atoms with Crippen LogP contribution in [0.25, 0.3) is 10.2 Å². The molecular weight excluding hydrogens is 340 g/mol. The van der Waals surface area contributed by atoms with Crippen LogP contribution in [0.5, 0.6) is 0 Å². The number of fused-ring (bicyclic) bond motifs is 1. The number of anilines is 1. The topological polar surface area (TPSA) is 84.1 Å². The Morgan fingerprint density at radius 3 is 3.05 bits per heavy atom. The Morgan fingerprint density at radius 1 is 1.45 bits per heavy atom. The van der Waals surface area contributed by atoms with Gasteiger partial charge in [0.05, 0.1) is 28.2 Å². The molecule has 0 aromatic carbocycles. The molecule has 3 heterocycles. The zero-order valence-corrected chi connectivity index (χ0v) is 14.0. The number of thiophene rings is 2. The summed E-state index contributed by atoms with van der Waals surface area (Å²) in [6, 6.07) is 3.79. The fraction of sp³-hybridized carbons (Fsp3) is 0.286. The molecule has 0 bridgehead atoms. The van der Waals surface area contributed by atoms with Crippen LogP contribution in [0, 0.1) is 0 Å². The number of aliphatic hydroxyl groups is 1. The molecule has 0 aliphatic heterocycles. The number of rotatable bonds is 6. The summed E-state index contributed by atoms with van der Waals surface area (Å²) in [5.74, 6) is 0. The second-order valence-corrected chi connectivity index (χ2v) is 7.37. The molecule has 5 nitrogen and oxygen atoms in total. The van der Waals surface area contributed by atoms with Crippen LogP contribution in [-0.2, 0) is 13.0 Å². The van der Waals surface area contributed by atoms with Gasteiger partial charge in [-0.2, -0.15) is 5.10 Å². The quantitative estimate of drug-likeness (QED) is 0.634. The minimum atomic E-state index is -0.318. The number of nitrogens with one attached hydrogen (secondary N) is 1. The van der Waals surface area contributed by atoms with Crippen molar-refractivity contribution in [1.82, 2.24) is 10.2 Å². The fourth-order valence-corrected chi connectivity index (χ4v) is 4.31. The molecule has 0 unspecified atom stereocenters. The van der Waals surface area contributed by atoms with Crippen LogP contribution in [0.1, 0.15) is 9.75 Å². The maximum atomic E-state index is 9.10. The van der Waals surface area contributed by atoms with Crippen molar-refractivity contribution >= 4 is 50.2 Å². The second-order valence-electron chi connectivity index (χ2n) is 4.85. The Balaban J connectivity index is 1.89. The smallest absolute Gasteiger partial charge is 0.125 e. The van der Waals surface area contributed by atoms with Gasteiger partial charge in [-0.25, -0.2) is 0 Å². The number of hydrogen-bond donors (Lipinski definition) is 3. The average molecular weight is 355 g/mol. The Morgan fingerprint density at radius 2 is 2.32 bits per heavy atom. The van der Waals surface area contributed by atoms with E-state index in [1.807, 2.05) is 11.4 Å². The van der Waals surface area contributed by atoms with E-state index < -0.39 is 0 Å².